The molecule has 0 radical (unpaired) electrons. The third-order valence-corrected chi connectivity index (χ3v) is 7.31. The maximum atomic E-state index is 12.8. The second kappa shape index (κ2) is 8.08. The van der Waals surface area contributed by atoms with Gasteiger partial charge in [0.15, 0.2) is 0 Å². The van der Waals surface area contributed by atoms with E-state index in [1.807, 2.05) is 24.2 Å². The van der Waals surface area contributed by atoms with Crippen LogP contribution >= 0.6 is 34.5 Å². The molecular formula is C20H23Cl2N3OS. The number of hydrogen-bond acceptors (Lipinski definition) is 4. The van der Waals surface area contributed by atoms with Crippen LogP contribution in [0, 0.1) is 5.92 Å². The number of carbonyl (C=O) groups excluding carboxylic acids is 1. The minimum absolute atomic E-state index is 0.0819. The first kappa shape index (κ1) is 19.2. The molecule has 2 aliphatic heterocycles. The van der Waals surface area contributed by atoms with Crippen LogP contribution < -0.4 is 0 Å². The van der Waals surface area contributed by atoms with Crippen LogP contribution in [0.4, 0.5) is 0 Å². The molecule has 0 aliphatic carbocycles. The molecule has 4 rings (SSSR count). The highest BCUT2D eigenvalue weighted by atomic mass is 35.5. The molecule has 1 amide bonds. The third-order valence-electron chi connectivity index (χ3n) is 5.61. The predicted octanol–water partition coefficient (Wildman–Crippen LogP) is 5.12. The first-order valence-corrected chi connectivity index (χ1v) is 11.0. The van der Waals surface area contributed by atoms with E-state index in [-0.39, 0.29) is 17.9 Å². The molecule has 0 spiro atoms. The molecule has 7 heteroatoms. The highest BCUT2D eigenvalue weighted by Gasteiger charge is 2.39. The van der Waals surface area contributed by atoms with Gasteiger partial charge in [-0.05, 0) is 50.6 Å². The Balaban J connectivity index is 1.51. The number of nitrogens with zero attached hydrogens (tertiary/aromatic N) is 3. The van der Waals surface area contributed by atoms with E-state index in [2.05, 4.69) is 9.88 Å². The first-order chi connectivity index (χ1) is 13.0. The molecule has 0 bridgehead atoms. The van der Waals surface area contributed by atoms with Crippen molar-refractivity contribution in [3.63, 3.8) is 0 Å². The molecule has 1 aromatic carbocycles. The first-order valence-electron chi connectivity index (χ1n) is 9.43. The summed E-state index contributed by atoms with van der Waals surface area (Å²) < 4.78 is 0. The Morgan fingerprint density at radius 3 is 2.78 bits per heavy atom. The molecule has 2 aliphatic rings. The zero-order valence-corrected chi connectivity index (χ0v) is 17.7. The molecule has 2 atom stereocenters. The number of piperidine rings is 1. The van der Waals surface area contributed by atoms with Gasteiger partial charge in [-0.1, -0.05) is 29.6 Å². The average Bonchev–Trinajstić information content (AvgIpc) is 3.25. The Kier molecular flexibility index (Phi) is 5.74. The van der Waals surface area contributed by atoms with Crippen LogP contribution in [0.3, 0.4) is 0 Å². The number of carbonyl (C=O) groups is 1. The molecule has 4 nitrogen and oxygen atoms in total. The molecular weight excluding hydrogens is 401 g/mol. The Hall–Kier alpha value is -1.14. The summed E-state index contributed by atoms with van der Waals surface area (Å²) in [6.07, 6.45) is 6.55. The van der Waals surface area contributed by atoms with Crippen molar-refractivity contribution in [2.45, 2.75) is 31.7 Å². The smallest absolute Gasteiger partial charge is 0.227 e. The zero-order valence-electron chi connectivity index (χ0n) is 15.3. The van der Waals surface area contributed by atoms with Crippen LogP contribution in [0.2, 0.25) is 10.0 Å². The van der Waals surface area contributed by atoms with Crippen molar-refractivity contribution in [3.8, 4) is 10.6 Å². The number of thiazole rings is 1. The highest BCUT2D eigenvalue weighted by Crippen LogP contribution is 2.41. The van der Waals surface area contributed by atoms with Crippen LogP contribution in [-0.2, 0) is 4.79 Å². The molecule has 0 saturated carbocycles. The van der Waals surface area contributed by atoms with Crippen LogP contribution in [0.25, 0.3) is 10.6 Å². The Morgan fingerprint density at radius 1 is 1.22 bits per heavy atom. The quantitative estimate of drug-likeness (QED) is 0.684. The lowest BCUT2D eigenvalue weighted by atomic mass is 10.0. The van der Waals surface area contributed by atoms with E-state index in [0.29, 0.717) is 10.0 Å². The van der Waals surface area contributed by atoms with E-state index in [1.54, 1.807) is 23.5 Å². The SMILES string of the molecule is CN1C(=O)C(CN2CCCCC2)CC1c1cnc(-c2cc(Cl)ccc2Cl)s1. The van der Waals surface area contributed by atoms with Crippen molar-refractivity contribution >= 4 is 40.4 Å². The van der Waals surface area contributed by atoms with Gasteiger partial charge >= 0.3 is 0 Å². The van der Waals surface area contributed by atoms with Crippen molar-refractivity contribution in [2.24, 2.45) is 5.92 Å². The van der Waals surface area contributed by atoms with Gasteiger partial charge in [0.25, 0.3) is 0 Å². The summed E-state index contributed by atoms with van der Waals surface area (Å²) in [5, 5.41) is 2.12. The number of rotatable bonds is 4. The summed E-state index contributed by atoms with van der Waals surface area (Å²) >= 11 is 14.0. The number of amides is 1. The number of halogens is 2. The van der Waals surface area contributed by atoms with Gasteiger partial charge in [-0.2, -0.15) is 0 Å². The second-order valence-electron chi connectivity index (χ2n) is 7.45. The third kappa shape index (κ3) is 4.02. The predicted molar refractivity (Wildman–Crippen MR) is 111 cm³/mol. The topological polar surface area (TPSA) is 36.4 Å². The fourth-order valence-electron chi connectivity index (χ4n) is 4.11. The number of hydrogen-bond donors (Lipinski definition) is 0. The summed E-state index contributed by atoms with van der Waals surface area (Å²) in [6, 6.07) is 5.50. The van der Waals surface area contributed by atoms with Crippen LogP contribution in [0.15, 0.2) is 24.4 Å². The van der Waals surface area contributed by atoms with E-state index in [4.69, 9.17) is 23.2 Å². The van der Waals surface area contributed by atoms with Gasteiger partial charge in [-0.3, -0.25) is 4.79 Å². The van der Waals surface area contributed by atoms with E-state index < -0.39 is 0 Å². The molecule has 0 N–H and O–H groups in total. The lowest BCUT2D eigenvalue weighted by Gasteiger charge is -2.28. The van der Waals surface area contributed by atoms with Crippen molar-refractivity contribution in [2.75, 3.05) is 26.7 Å². The molecule has 2 unspecified atom stereocenters. The fraction of sp³-hybridized carbons (Fsp3) is 0.500. The summed E-state index contributed by atoms with van der Waals surface area (Å²) in [5.74, 6) is 0.333. The molecule has 2 aromatic rings. The van der Waals surface area contributed by atoms with Crippen molar-refractivity contribution in [1.29, 1.82) is 0 Å². The standard InChI is InChI=1S/C20H23Cl2N3OS/c1-24-17(9-13(20(24)26)12-25-7-3-2-4-8-25)18-11-23-19(27-18)15-10-14(21)5-6-16(15)22/h5-6,10-11,13,17H,2-4,7-9,12H2,1H3. The van der Waals surface area contributed by atoms with Crippen LogP contribution in [0.1, 0.15) is 36.6 Å². The normalized spacial score (nSPS) is 24.0. The zero-order chi connectivity index (χ0) is 19.0. The summed E-state index contributed by atoms with van der Waals surface area (Å²) in [4.78, 5) is 22.8. The van der Waals surface area contributed by atoms with E-state index in [0.717, 1.165) is 41.5 Å². The van der Waals surface area contributed by atoms with Gasteiger partial charge in [0, 0.05) is 35.3 Å². The molecule has 1 aromatic heterocycles. The molecule has 2 saturated heterocycles. The van der Waals surface area contributed by atoms with Gasteiger partial charge in [0.2, 0.25) is 5.91 Å². The molecule has 3 heterocycles. The lowest BCUT2D eigenvalue weighted by molar-refractivity contribution is -0.131. The van der Waals surface area contributed by atoms with E-state index in [9.17, 15) is 4.79 Å². The maximum Gasteiger partial charge on any atom is 0.227 e. The lowest BCUT2D eigenvalue weighted by Crippen LogP contribution is -2.36. The molecule has 144 valence electrons. The highest BCUT2D eigenvalue weighted by molar-refractivity contribution is 7.15. The van der Waals surface area contributed by atoms with Gasteiger partial charge in [-0.25, -0.2) is 4.98 Å². The largest absolute Gasteiger partial charge is 0.338 e. The van der Waals surface area contributed by atoms with Gasteiger partial charge in [-0.15, -0.1) is 11.3 Å². The van der Waals surface area contributed by atoms with Crippen LogP contribution in [-0.4, -0.2) is 47.4 Å². The minimum Gasteiger partial charge on any atom is -0.338 e. The summed E-state index contributed by atoms with van der Waals surface area (Å²) in [5.41, 5.74) is 0.845. The average molecular weight is 424 g/mol. The van der Waals surface area contributed by atoms with Crippen LogP contribution in [0.5, 0.6) is 0 Å². The van der Waals surface area contributed by atoms with Crippen molar-refractivity contribution in [1.82, 2.24) is 14.8 Å². The van der Waals surface area contributed by atoms with Gasteiger partial charge < -0.3 is 9.80 Å². The molecule has 27 heavy (non-hydrogen) atoms. The number of benzene rings is 1. The minimum atomic E-state index is 0.0819. The number of aromatic nitrogens is 1. The monoisotopic (exact) mass is 423 g/mol. The fourth-order valence-corrected chi connectivity index (χ4v) is 5.65. The Morgan fingerprint density at radius 2 is 2.00 bits per heavy atom. The van der Waals surface area contributed by atoms with Crippen molar-refractivity contribution < 1.29 is 4.79 Å². The Bertz CT molecular complexity index is 834. The van der Waals surface area contributed by atoms with Crippen molar-refractivity contribution in [3.05, 3.63) is 39.3 Å². The van der Waals surface area contributed by atoms with Gasteiger partial charge in [0.1, 0.15) is 5.01 Å². The second-order valence-corrected chi connectivity index (χ2v) is 9.36. The van der Waals surface area contributed by atoms with E-state index in [1.165, 1.54) is 19.3 Å². The maximum absolute atomic E-state index is 12.8. The van der Waals surface area contributed by atoms with Gasteiger partial charge in [0.05, 0.1) is 17.0 Å². The van der Waals surface area contributed by atoms with E-state index >= 15 is 0 Å². The summed E-state index contributed by atoms with van der Waals surface area (Å²) in [6.45, 7) is 3.12. The molecule has 2 fully saturated rings. The summed E-state index contributed by atoms with van der Waals surface area (Å²) in [7, 11) is 1.91. The Labute approximate surface area is 174 Å². The number of likely N-dealkylation sites (tertiary alicyclic amines) is 2.